The van der Waals surface area contributed by atoms with Gasteiger partial charge in [-0.1, -0.05) is 39.8 Å². The zero-order valence-electron chi connectivity index (χ0n) is 9.66. The minimum absolute atomic E-state index is 0.205. The molecule has 2 nitrogen and oxygen atoms in total. The molecule has 1 N–H and O–H groups in total. The van der Waals surface area contributed by atoms with Crippen LogP contribution in [0.3, 0.4) is 0 Å². The summed E-state index contributed by atoms with van der Waals surface area (Å²) in [6.45, 7) is 8.22. The summed E-state index contributed by atoms with van der Waals surface area (Å²) in [6, 6.07) is 0. The maximum atomic E-state index is 10.8. The van der Waals surface area contributed by atoms with E-state index in [4.69, 9.17) is 5.11 Å². The second-order valence-electron chi connectivity index (χ2n) is 4.53. The van der Waals surface area contributed by atoms with Gasteiger partial charge in [-0.2, -0.15) is 0 Å². The first-order valence-corrected chi connectivity index (χ1v) is 5.33. The SMILES string of the molecule is CC(C)CC=CC[C@@H](C(=O)O)C(C)C. The summed E-state index contributed by atoms with van der Waals surface area (Å²) in [5.41, 5.74) is 0. The van der Waals surface area contributed by atoms with Crippen molar-refractivity contribution in [2.45, 2.75) is 40.5 Å². The lowest BCUT2D eigenvalue weighted by molar-refractivity contribution is -0.143. The van der Waals surface area contributed by atoms with E-state index in [-0.39, 0.29) is 11.8 Å². The number of hydrogen-bond donors (Lipinski definition) is 1. The van der Waals surface area contributed by atoms with Gasteiger partial charge in [0.25, 0.3) is 0 Å². The number of allylic oxidation sites excluding steroid dienone is 2. The maximum absolute atomic E-state index is 10.8. The van der Waals surface area contributed by atoms with Crippen molar-refractivity contribution in [3.05, 3.63) is 12.2 Å². The summed E-state index contributed by atoms with van der Waals surface area (Å²) < 4.78 is 0. The van der Waals surface area contributed by atoms with Crippen LogP contribution in [0.15, 0.2) is 12.2 Å². The molecule has 0 saturated carbocycles. The van der Waals surface area contributed by atoms with Gasteiger partial charge in [-0.3, -0.25) is 4.79 Å². The third-order valence-electron chi connectivity index (χ3n) is 2.29. The Morgan fingerprint density at radius 1 is 1.14 bits per heavy atom. The van der Waals surface area contributed by atoms with Crippen LogP contribution in [-0.4, -0.2) is 11.1 Å². The highest BCUT2D eigenvalue weighted by Crippen LogP contribution is 2.16. The van der Waals surface area contributed by atoms with E-state index >= 15 is 0 Å². The Labute approximate surface area is 87.0 Å². The molecule has 1 atom stereocenters. The van der Waals surface area contributed by atoms with Crippen LogP contribution in [0.4, 0.5) is 0 Å². The number of carboxylic acids is 1. The Morgan fingerprint density at radius 3 is 2.00 bits per heavy atom. The highest BCUT2D eigenvalue weighted by molar-refractivity contribution is 5.70. The molecule has 0 amide bonds. The van der Waals surface area contributed by atoms with Crippen molar-refractivity contribution in [2.75, 3.05) is 0 Å². The molecule has 0 aromatic heterocycles. The Hall–Kier alpha value is -0.790. The Bertz CT molecular complexity index is 192. The molecule has 2 heteroatoms. The molecular formula is C12H22O2. The van der Waals surface area contributed by atoms with Gasteiger partial charge in [0.1, 0.15) is 0 Å². The lowest BCUT2D eigenvalue weighted by atomic mass is 9.92. The average molecular weight is 198 g/mol. The highest BCUT2D eigenvalue weighted by atomic mass is 16.4. The summed E-state index contributed by atoms with van der Waals surface area (Å²) >= 11 is 0. The van der Waals surface area contributed by atoms with Crippen LogP contribution in [-0.2, 0) is 4.79 Å². The van der Waals surface area contributed by atoms with E-state index in [0.29, 0.717) is 12.3 Å². The largest absolute Gasteiger partial charge is 0.481 e. The normalized spacial score (nSPS) is 14.1. The predicted molar refractivity (Wildman–Crippen MR) is 59.2 cm³/mol. The molecule has 0 spiro atoms. The van der Waals surface area contributed by atoms with Crippen molar-refractivity contribution in [1.82, 2.24) is 0 Å². The van der Waals surface area contributed by atoms with Crippen molar-refractivity contribution in [2.24, 2.45) is 17.8 Å². The fraction of sp³-hybridized carbons (Fsp3) is 0.750. The summed E-state index contributed by atoms with van der Waals surface area (Å²) in [5.74, 6) is -0.0719. The third-order valence-corrected chi connectivity index (χ3v) is 2.29. The first-order chi connectivity index (χ1) is 6.45. The average Bonchev–Trinajstić information content (AvgIpc) is 2.01. The molecule has 0 rings (SSSR count). The molecule has 0 fully saturated rings. The van der Waals surface area contributed by atoms with Crippen molar-refractivity contribution in [1.29, 1.82) is 0 Å². The topological polar surface area (TPSA) is 37.3 Å². The lowest BCUT2D eigenvalue weighted by Gasteiger charge is -2.13. The monoisotopic (exact) mass is 198 g/mol. The van der Waals surface area contributed by atoms with Crippen LogP contribution >= 0.6 is 0 Å². The van der Waals surface area contributed by atoms with Crippen molar-refractivity contribution >= 4 is 5.97 Å². The number of aliphatic carboxylic acids is 1. The Balaban J connectivity index is 3.94. The molecule has 0 aromatic rings. The standard InChI is InChI=1S/C12H22O2/c1-9(2)7-5-6-8-11(10(3)4)12(13)14/h5-6,9-11H,7-8H2,1-4H3,(H,13,14)/t11-/m1/s1. The van der Waals surface area contributed by atoms with E-state index in [0.717, 1.165) is 6.42 Å². The predicted octanol–water partition coefficient (Wildman–Crippen LogP) is 3.34. The van der Waals surface area contributed by atoms with Gasteiger partial charge in [-0.05, 0) is 24.7 Å². The first kappa shape index (κ1) is 13.2. The molecular weight excluding hydrogens is 176 g/mol. The second kappa shape index (κ2) is 6.63. The highest BCUT2D eigenvalue weighted by Gasteiger charge is 2.19. The maximum Gasteiger partial charge on any atom is 0.307 e. The fourth-order valence-corrected chi connectivity index (χ4v) is 1.27. The Morgan fingerprint density at radius 2 is 1.64 bits per heavy atom. The van der Waals surface area contributed by atoms with Crippen molar-refractivity contribution in [3.63, 3.8) is 0 Å². The smallest absolute Gasteiger partial charge is 0.307 e. The molecule has 0 heterocycles. The van der Waals surface area contributed by atoms with E-state index < -0.39 is 5.97 Å². The van der Waals surface area contributed by atoms with Gasteiger partial charge in [-0.15, -0.1) is 0 Å². The molecule has 82 valence electrons. The van der Waals surface area contributed by atoms with E-state index in [1.54, 1.807) is 0 Å². The molecule has 0 radical (unpaired) electrons. The third kappa shape index (κ3) is 5.79. The minimum Gasteiger partial charge on any atom is -0.481 e. The van der Waals surface area contributed by atoms with E-state index in [1.807, 2.05) is 19.9 Å². The van der Waals surface area contributed by atoms with Gasteiger partial charge < -0.3 is 5.11 Å². The molecule has 0 bridgehead atoms. The molecule has 0 aliphatic carbocycles. The first-order valence-electron chi connectivity index (χ1n) is 5.33. The summed E-state index contributed by atoms with van der Waals surface area (Å²) in [6.07, 6.45) is 5.77. The zero-order valence-corrected chi connectivity index (χ0v) is 9.66. The van der Waals surface area contributed by atoms with Gasteiger partial charge in [0.2, 0.25) is 0 Å². The molecule has 14 heavy (non-hydrogen) atoms. The summed E-state index contributed by atoms with van der Waals surface area (Å²) in [4.78, 5) is 10.8. The lowest BCUT2D eigenvalue weighted by Crippen LogP contribution is -2.18. The van der Waals surface area contributed by atoms with Crippen molar-refractivity contribution < 1.29 is 9.90 Å². The summed E-state index contributed by atoms with van der Waals surface area (Å²) in [7, 11) is 0. The fourth-order valence-electron chi connectivity index (χ4n) is 1.27. The molecule has 0 aromatic carbocycles. The van der Waals surface area contributed by atoms with Gasteiger partial charge in [0.05, 0.1) is 5.92 Å². The zero-order chi connectivity index (χ0) is 11.1. The number of carbonyl (C=O) groups is 1. The van der Waals surface area contributed by atoms with Gasteiger partial charge in [-0.25, -0.2) is 0 Å². The van der Waals surface area contributed by atoms with Gasteiger partial charge in [0, 0.05) is 0 Å². The molecule has 0 aliphatic rings. The van der Waals surface area contributed by atoms with Crippen LogP contribution in [0.1, 0.15) is 40.5 Å². The van der Waals surface area contributed by atoms with E-state index in [9.17, 15) is 4.79 Å². The molecule has 0 aliphatic heterocycles. The number of hydrogen-bond acceptors (Lipinski definition) is 1. The van der Waals surface area contributed by atoms with Crippen LogP contribution in [0, 0.1) is 17.8 Å². The van der Waals surface area contributed by atoms with Gasteiger partial charge >= 0.3 is 5.97 Å². The van der Waals surface area contributed by atoms with Crippen LogP contribution in [0.25, 0.3) is 0 Å². The quantitative estimate of drug-likeness (QED) is 0.665. The molecule has 0 unspecified atom stereocenters. The second-order valence-corrected chi connectivity index (χ2v) is 4.53. The number of carboxylic acid groups (broad SMARTS) is 1. The van der Waals surface area contributed by atoms with Crippen LogP contribution in [0.5, 0.6) is 0 Å². The van der Waals surface area contributed by atoms with E-state index in [1.165, 1.54) is 0 Å². The van der Waals surface area contributed by atoms with Crippen molar-refractivity contribution in [3.8, 4) is 0 Å². The van der Waals surface area contributed by atoms with Crippen LogP contribution in [0.2, 0.25) is 0 Å². The Kier molecular flexibility index (Phi) is 6.26. The van der Waals surface area contributed by atoms with Gasteiger partial charge in [0.15, 0.2) is 0 Å². The van der Waals surface area contributed by atoms with Crippen LogP contribution < -0.4 is 0 Å². The molecule has 0 saturated heterocycles. The number of rotatable bonds is 6. The minimum atomic E-state index is -0.686. The summed E-state index contributed by atoms with van der Waals surface area (Å²) in [5, 5.41) is 8.92. The van der Waals surface area contributed by atoms with E-state index in [2.05, 4.69) is 19.9 Å².